The standard InChI is InChI=1S/C19H27N3O6/c1-10(2)25-9-13-14-15(28-19(4,5)27-14)17(26-13)22-8-12(7-6-11(3)23)16(20)21-18(22)24/h6-8,10,13-15,17H,9H2,1-5H3,(H2,20,21,24)/b7-6+/t13-,14+,15+,17-/m1/s1. The molecule has 1 aromatic rings. The molecule has 9 nitrogen and oxygen atoms in total. The summed E-state index contributed by atoms with van der Waals surface area (Å²) in [6.45, 7) is 9.22. The summed E-state index contributed by atoms with van der Waals surface area (Å²) in [5, 5.41) is 0. The van der Waals surface area contributed by atoms with Gasteiger partial charge >= 0.3 is 5.69 Å². The number of anilines is 1. The summed E-state index contributed by atoms with van der Waals surface area (Å²) in [6.07, 6.45) is 2.37. The van der Waals surface area contributed by atoms with Gasteiger partial charge in [0.15, 0.2) is 17.8 Å². The van der Waals surface area contributed by atoms with Crippen LogP contribution in [0.2, 0.25) is 0 Å². The Morgan fingerprint density at radius 3 is 2.71 bits per heavy atom. The lowest BCUT2D eigenvalue weighted by Gasteiger charge is -2.25. The molecule has 3 heterocycles. The van der Waals surface area contributed by atoms with Gasteiger partial charge in [-0.05, 0) is 46.8 Å². The Bertz CT molecular complexity index is 831. The number of fused-ring (bicyclic) bond motifs is 1. The van der Waals surface area contributed by atoms with Gasteiger partial charge in [0, 0.05) is 11.8 Å². The molecule has 0 unspecified atom stereocenters. The van der Waals surface area contributed by atoms with Crippen molar-refractivity contribution in [3.05, 3.63) is 28.3 Å². The van der Waals surface area contributed by atoms with Crippen LogP contribution in [0.4, 0.5) is 5.82 Å². The number of hydrogen-bond acceptors (Lipinski definition) is 8. The molecule has 3 rings (SSSR count). The zero-order valence-electron chi connectivity index (χ0n) is 16.7. The highest BCUT2D eigenvalue weighted by Gasteiger charge is 2.56. The van der Waals surface area contributed by atoms with Crippen molar-refractivity contribution in [2.24, 2.45) is 0 Å². The second kappa shape index (κ2) is 7.75. The molecule has 0 saturated carbocycles. The Morgan fingerprint density at radius 2 is 2.07 bits per heavy atom. The molecule has 2 N–H and O–H groups in total. The van der Waals surface area contributed by atoms with E-state index in [1.807, 2.05) is 27.7 Å². The van der Waals surface area contributed by atoms with Crippen LogP contribution in [0, 0.1) is 0 Å². The van der Waals surface area contributed by atoms with Crippen LogP contribution >= 0.6 is 0 Å². The minimum Gasteiger partial charge on any atom is -0.383 e. The van der Waals surface area contributed by atoms with E-state index >= 15 is 0 Å². The average molecular weight is 393 g/mol. The number of nitrogens with zero attached hydrogens (tertiary/aromatic N) is 2. The fourth-order valence-corrected chi connectivity index (χ4v) is 3.32. The number of ether oxygens (including phenoxy) is 4. The SMILES string of the molecule is CC(=O)/C=C/c1cn([C@@H]2O[C@H](COC(C)C)[C@@H]3OC(C)(C)O[C@@H]32)c(=O)nc1N. The van der Waals surface area contributed by atoms with Gasteiger partial charge < -0.3 is 24.7 Å². The Hall–Kier alpha value is -2.07. The van der Waals surface area contributed by atoms with Gasteiger partial charge in [0.1, 0.15) is 24.1 Å². The van der Waals surface area contributed by atoms with Crippen LogP contribution in [0.1, 0.15) is 46.4 Å². The quantitative estimate of drug-likeness (QED) is 0.719. The lowest BCUT2D eigenvalue weighted by atomic mass is 10.1. The summed E-state index contributed by atoms with van der Waals surface area (Å²) in [6, 6.07) is 0. The third kappa shape index (κ3) is 4.33. The monoisotopic (exact) mass is 393 g/mol. The summed E-state index contributed by atoms with van der Waals surface area (Å²) < 4.78 is 25.1. The first-order valence-electron chi connectivity index (χ1n) is 9.27. The number of hydrogen-bond donors (Lipinski definition) is 1. The van der Waals surface area contributed by atoms with Gasteiger partial charge in [-0.2, -0.15) is 4.98 Å². The average Bonchev–Trinajstić information content (AvgIpc) is 3.05. The van der Waals surface area contributed by atoms with E-state index in [9.17, 15) is 9.59 Å². The van der Waals surface area contributed by atoms with E-state index in [-0.39, 0.29) is 23.8 Å². The van der Waals surface area contributed by atoms with Crippen molar-refractivity contribution in [1.29, 1.82) is 0 Å². The highest BCUT2D eigenvalue weighted by atomic mass is 16.8. The lowest BCUT2D eigenvalue weighted by molar-refractivity contribution is -0.203. The third-order valence-corrected chi connectivity index (χ3v) is 4.50. The number of aromatic nitrogens is 2. The molecule has 0 bridgehead atoms. The Kier molecular flexibility index (Phi) is 5.72. The van der Waals surface area contributed by atoms with Crippen molar-refractivity contribution in [2.45, 2.75) is 71.0 Å². The molecular formula is C19H27N3O6. The fraction of sp³-hybridized carbons (Fsp3) is 0.632. The van der Waals surface area contributed by atoms with Crippen LogP contribution in [-0.4, -0.2) is 52.1 Å². The summed E-state index contributed by atoms with van der Waals surface area (Å²) in [4.78, 5) is 27.6. The van der Waals surface area contributed by atoms with Crippen LogP contribution < -0.4 is 11.4 Å². The number of rotatable bonds is 6. The highest BCUT2D eigenvalue weighted by Crippen LogP contribution is 2.42. The molecule has 0 aromatic carbocycles. The van der Waals surface area contributed by atoms with Crippen LogP contribution in [0.5, 0.6) is 0 Å². The molecule has 4 atom stereocenters. The van der Waals surface area contributed by atoms with Crippen LogP contribution in [0.3, 0.4) is 0 Å². The molecule has 0 spiro atoms. The molecule has 2 fully saturated rings. The summed E-state index contributed by atoms with van der Waals surface area (Å²) >= 11 is 0. The van der Waals surface area contributed by atoms with Gasteiger partial charge in [-0.3, -0.25) is 9.36 Å². The first-order valence-corrected chi connectivity index (χ1v) is 9.27. The predicted octanol–water partition coefficient (Wildman–Crippen LogP) is 1.27. The van der Waals surface area contributed by atoms with Gasteiger partial charge in [-0.25, -0.2) is 4.79 Å². The maximum Gasteiger partial charge on any atom is 0.351 e. The van der Waals surface area contributed by atoms with Crippen molar-refractivity contribution in [3.8, 4) is 0 Å². The minimum atomic E-state index is -0.810. The predicted molar refractivity (Wildman–Crippen MR) is 101 cm³/mol. The van der Waals surface area contributed by atoms with Crippen molar-refractivity contribution < 1.29 is 23.7 Å². The summed E-state index contributed by atoms with van der Waals surface area (Å²) in [7, 11) is 0. The Labute approximate surface area is 163 Å². The van der Waals surface area contributed by atoms with Crippen LogP contribution in [-0.2, 0) is 23.7 Å². The van der Waals surface area contributed by atoms with E-state index in [1.54, 1.807) is 0 Å². The van der Waals surface area contributed by atoms with Crippen molar-refractivity contribution in [2.75, 3.05) is 12.3 Å². The number of ketones is 1. The molecule has 2 aliphatic heterocycles. The molecule has 1 aromatic heterocycles. The smallest absolute Gasteiger partial charge is 0.351 e. The second-order valence-electron chi connectivity index (χ2n) is 7.73. The molecule has 2 aliphatic rings. The van der Waals surface area contributed by atoms with Crippen LogP contribution in [0.15, 0.2) is 17.1 Å². The molecule has 0 radical (unpaired) electrons. The zero-order valence-corrected chi connectivity index (χ0v) is 16.7. The van der Waals surface area contributed by atoms with Gasteiger partial charge in [0.25, 0.3) is 0 Å². The molecule has 2 saturated heterocycles. The number of allylic oxidation sites excluding steroid dienone is 1. The number of nitrogens with two attached hydrogens (primary N) is 1. The van der Waals surface area contributed by atoms with Crippen molar-refractivity contribution >= 4 is 17.7 Å². The van der Waals surface area contributed by atoms with E-state index in [1.165, 1.54) is 29.8 Å². The normalized spacial score (nSPS) is 28.9. The van der Waals surface area contributed by atoms with Crippen molar-refractivity contribution in [3.63, 3.8) is 0 Å². The number of carbonyl (C=O) groups is 1. The first-order chi connectivity index (χ1) is 13.1. The number of carbonyl (C=O) groups excluding carboxylic acids is 1. The Morgan fingerprint density at radius 1 is 1.39 bits per heavy atom. The molecule has 0 amide bonds. The molecule has 154 valence electrons. The second-order valence-corrected chi connectivity index (χ2v) is 7.73. The fourth-order valence-electron chi connectivity index (χ4n) is 3.32. The summed E-state index contributed by atoms with van der Waals surface area (Å²) in [5.41, 5.74) is 5.70. The van der Waals surface area contributed by atoms with Crippen molar-refractivity contribution in [1.82, 2.24) is 9.55 Å². The molecule has 9 heteroatoms. The van der Waals surface area contributed by atoms with Gasteiger partial charge in [-0.15, -0.1) is 0 Å². The van der Waals surface area contributed by atoms with E-state index in [0.29, 0.717) is 12.2 Å². The summed E-state index contributed by atoms with van der Waals surface area (Å²) in [5.74, 6) is -0.915. The first kappa shape index (κ1) is 20.7. The van der Waals surface area contributed by atoms with Gasteiger partial charge in [-0.1, -0.05) is 0 Å². The van der Waals surface area contributed by atoms with E-state index in [4.69, 9.17) is 24.7 Å². The molecule has 28 heavy (non-hydrogen) atoms. The van der Waals surface area contributed by atoms with Gasteiger partial charge in [0.2, 0.25) is 0 Å². The highest BCUT2D eigenvalue weighted by molar-refractivity contribution is 5.92. The molecular weight excluding hydrogens is 366 g/mol. The molecule has 0 aliphatic carbocycles. The maximum absolute atomic E-state index is 12.5. The lowest BCUT2D eigenvalue weighted by Crippen LogP contribution is -2.35. The largest absolute Gasteiger partial charge is 0.383 e. The topological polar surface area (TPSA) is 115 Å². The zero-order chi connectivity index (χ0) is 20.6. The van der Waals surface area contributed by atoms with E-state index in [0.717, 1.165) is 0 Å². The minimum absolute atomic E-state index is 0.0284. The number of nitrogen functional groups attached to an aromatic ring is 1. The van der Waals surface area contributed by atoms with Gasteiger partial charge in [0.05, 0.1) is 12.7 Å². The maximum atomic E-state index is 12.5. The van der Waals surface area contributed by atoms with E-state index in [2.05, 4.69) is 4.98 Å². The third-order valence-electron chi connectivity index (χ3n) is 4.50. The van der Waals surface area contributed by atoms with E-state index < -0.39 is 29.9 Å². The Balaban J connectivity index is 1.94. The van der Waals surface area contributed by atoms with Crippen LogP contribution in [0.25, 0.3) is 6.08 Å².